The highest BCUT2D eigenvalue weighted by Crippen LogP contribution is 2.30. The van der Waals surface area contributed by atoms with Gasteiger partial charge >= 0.3 is 0 Å². The molecule has 0 aromatic carbocycles. The second-order valence-electron chi connectivity index (χ2n) is 3.87. The third kappa shape index (κ3) is 3.11. The van der Waals surface area contributed by atoms with Crippen molar-refractivity contribution in [3.05, 3.63) is 0 Å². The van der Waals surface area contributed by atoms with Gasteiger partial charge in [0.2, 0.25) is 0 Å². The molecule has 0 aromatic rings. The Morgan fingerprint density at radius 2 is 2.25 bits per heavy atom. The van der Waals surface area contributed by atoms with Crippen LogP contribution >= 0.6 is 0 Å². The molecule has 12 heavy (non-hydrogen) atoms. The van der Waals surface area contributed by atoms with Gasteiger partial charge in [-0.1, -0.05) is 19.8 Å². The zero-order valence-electron chi connectivity index (χ0n) is 8.31. The van der Waals surface area contributed by atoms with Crippen molar-refractivity contribution in [3.63, 3.8) is 0 Å². The third-order valence-electron chi connectivity index (χ3n) is 2.93. The highest BCUT2D eigenvalue weighted by atomic mass is 16.5. The summed E-state index contributed by atoms with van der Waals surface area (Å²) in [5, 5.41) is 3.43. The van der Waals surface area contributed by atoms with Gasteiger partial charge < -0.3 is 10.1 Å². The molecule has 1 N–H and O–H groups in total. The SMILES string of the molecule is COCCNCC1CCCC1C. The van der Waals surface area contributed by atoms with Crippen LogP contribution in [0, 0.1) is 11.8 Å². The van der Waals surface area contributed by atoms with E-state index in [9.17, 15) is 0 Å². The van der Waals surface area contributed by atoms with Gasteiger partial charge in [-0.3, -0.25) is 0 Å². The van der Waals surface area contributed by atoms with E-state index in [0.29, 0.717) is 0 Å². The predicted molar refractivity (Wildman–Crippen MR) is 51.3 cm³/mol. The molecule has 1 fully saturated rings. The first-order chi connectivity index (χ1) is 5.84. The monoisotopic (exact) mass is 171 g/mol. The summed E-state index contributed by atoms with van der Waals surface area (Å²) in [6.07, 6.45) is 4.27. The van der Waals surface area contributed by atoms with Crippen molar-refractivity contribution < 1.29 is 4.74 Å². The summed E-state index contributed by atoms with van der Waals surface area (Å²) >= 11 is 0. The van der Waals surface area contributed by atoms with Crippen LogP contribution in [0.4, 0.5) is 0 Å². The quantitative estimate of drug-likeness (QED) is 0.635. The van der Waals surface area contributed by atoms with Crippen LogP contribution in [0.3, 0.4) is 0 Å². The molecule has 0 aromatic heterocycles. The lowest BCUT2D eigenvalue weighted by Gasteiger charge is -2.15. The Morgan fingerprint density at radius 1 is 1.42 bits per heavy atom. The number of hydrogen-bond acceptors (Lipinski definition) is 2. The molecule has 0 aliphatic heterocycles. The first kappa shape index (κ1) is 10.0. The van der Waals surface area contributed by atoms with Crippen molar-refractivity contribution in [3.8, 4) is 0 Å². The largest absolute Gasteiger partial charge is 0.383 e. The van der Waals surface area contributed by atoms with Crippen LogP contribution in [0.2, 0.25) is 0 Å². The van der Waals surface area contributed by atoms with Gasteiger partial charge in [0, 0.05) is 13.7 Å². The van der Waals surface area contributed by atoms with Gasteiger partial charge in [0.15, 0.2) is 0 Å². The minimum absolute atomic E-state index is 0.834. The number of ether oxygens (including phenoxy) is 1. The Kier molecular flexibility index (Phi) is 4.62. The molecule has 0 heterocycles. The van der Waals surface area contributed by atoms with Crippen molar-refractivity contribution >= 4 is 0 Å². The molecule has 1 aliphatic rings. The van der Waals surface area contributed by atoms with Crippen LogP contribution in [0.15, 0.2) is 0 Å². The maximum atomic E-state index is 4.97. The number of methoxy groups -OCH3 is 1. The van der Waals surface area contributed by atoms with E-state index >= 15 is 0 Å². The van der Waals surface area contributed by atoms with Crippen LogP contribution < -0.4 is 5.32 Å². The Bertz CT molecular complexity index is 116. The fourth-order valence-corrected chi connectivity index (χ4v) is 1.99. The smallest absolute Gasteiger partial charge is 0.0587 e. The minimum Gasteiger partial charge on any atom is -0.383 e. The Labute approximate surface area is 75.7 Å². The molecule has 0 radical (unpaired) electrons. The molecule has 1 aliphatic carbocycles. The molecular weight excluding hydrogens is 150 g/mol. The molecule has 0 saturated heterocycles. The van der Waals surface area contributed by atoms with E-state index in [1.54, 1.807) is 7.11 Å². The summed E-state index contributed by atoms with van der Waals surface area (Å²) in [7, 11) is 1.75. The normalized spacial score (nSPS) is 29.5. The summed E-state index contributed by atoms with van der Waals surface area (Å²) in [4.78, 5) is 0. The molecule has 0 bridgehead atoms. The number of rotatable bonds is 5. The fourth-order valence-electron chi connectivity index (χ4n) is 1.99. The number of nitrogens with one attached hydrogen (secondary N) is 1. The highest BCUT2D eigenvalue weighted by molar-refractivity contribution is 4.75. The standard InChI is InChI=1S/C10H21NO/c1-9-4-3-5-10(9)8-11-6-7-12-2/h9-11H,3-8H2,1-2H3. The van der Waals surface area contributed by atoms with E-state index < -0.39 is 0 Å². The van der Waals surface area contributed by atoms with Crippen molar-refractivity contribution in [2.75, 3.05) is 26.8 Å². The summed E-state index contributed by atoms with van der Waals surface area (Å²) in [5.41, 5.74) is 0. The zero-order chi connectivity index (χ0) is 8.81. The van der Waals surface area contributed by atoms with Gasteiger partial charge in [-0.15, -0.1) is 0 Å². The van der Waals surface area contributed by atoms with Gasteiger partial charge in [-0.2, -0.15) is 0 Å². The average molecular weight is 171 g/mol. The summed E-state index contributed by atoms with van der Waals surface area (Å²) in [5.74, 6) is 1.85. The van der Waals surface area contributed by atoms with Crippen LogP contribution in [0.5, 0.6) is 0 Å². The van der Waals surface area contributed by atoms with E-state index in [1.165, 1.54) is 25.8 Å². The van der Waals surface area contributed by atoms with E-state index in [4.69, 9.17) is 4.74 Å². The van der Waals surface area contributed by atoms with Crippen LogP contribution in [0.1, 0.15) is 26.2 Å². The van der Waals surface area contributed by atoms with E-state index in [2.05, 4.69) is 12.2 Å². The summed E-state index contributed by atoms with van der Waals surface area (Å²) < 4.78 is 4.97. The average Bonchev–Trinajstić information content (AvgIpc) is 2.46. The molecule has 2 atom stereocenters. The first-order valence-electron chi connectivity index (χ1n) is 5.04. The second-order valence-corrected chi connectivity index (χ2v) is 3.87. The van der Waals surface area contributed by atoms with Crippen molar-refractivity contribution in [2.24, 2.45) is 11.8 Å². The van der Waals surface area contributed by atoms with Gasteiger partial charge in [0.05, 0.1) is 6.61 Å². The topological polar surface area (TPSA) is 21.3 Å². The second kappa shape index (κ2) is 5.55. The first-order valence-corrected chi connectivity index (χ1v) is 5.04. The predicted octanol–water partition coefficient (Wildman–Crippen LogP) is 1.66. The van der Waals surface area contributed by atoms with E-state index in [0.717, 1.165) is 25.0 Å². The van der Waals surface area contributed by atoms with Gasteiger partial charge in [-0.25, -0.2) is 0 Å². The van der Waals surface area contributed by atoms with Crippen molar-refractivity contribution in [2.45, 2.75) is 26.2 Å². The Balaban J connectivity index is 1.98. The van der Waals surface area contributed by atoms with Gasteiger partial charge in [-0.05, 0) is 24.8 Å². The molecule has 2 unspecified atom stereocenters. The van der Waals surface area contributed by atoms with Crippen LogP contribution in [-0.4, -0.2) is 26.8 Å². The van der Waals surface area contributed by atoms with Crippen LogP contribution in [-0.2, 0) is 4.74 Å². The summed E-state index contributed by atoms with van der Waals surface area (Å²) in [6.45, 7) is 5.39. The lowest BCUT2D eigenvalue weighted by Crippen LogP contribution is -2.27. The van der Waals surface area contributed by atoms with Gasteiger partial charge in [0.1, 0.15) is 0 Å². The molecule has 0 amide bonds. The lowest BCUT2D eigenvalue weighted by molar-refractivity contribution is 0.196. The molecule has 0 spiro atoms. The molecule has 2 heteroatoms. The third-order valence-corrected chi connectivity index (χ3v) is 2.93. The molecular formula is C10H21NO. The molecule has 72 valence electrons. The number of hydrogen-bond donors (Lipinski definition) is 1. The Morgan fingerprint density at radius 3 is 2.83 bits per heavy atom. The molecule has 1 rings (SSSR count). The highest BCUT2D eigenvalue weighted by Gasteiger charge is 2.22. The zero-order valence-corrected chi connectivity index (χ0v) is 8.31. The van der Waals surface area contributed by atoms with Crippen molar-refractivity contribution in [1.82, 2.24) is 5.32 Å². The maximum absolute atomic E-state index is 4.97. The molecule has 2 nitrogen and oxygen atoms in total. The van der Waals surface area contributed by atoms with Crippen LogP contribution in [0.25, 0.3) is 0 Å². The maximum Gasteiger partial charge on any atom is 0.0587 e. The minimum atomic E-state index is 0.834. The fraction of sp³-hybridized carbons (Fsp3) is 1.00. The van der Waals surface area contributed by atoms with Gasteiger partial charge in [0.25, 0.3) is 0 Å². The van der Waals surface area contributed by atoms with Crippen molar-refractivity contribution in [1.29, 1.82) is 0 Å². The molecule has 1 saturated carbocycles. The Hall–Kier alpha value is -0.0800. The lowest BCUT2D eigenvalue weighted by atomic mass is 9.98. The van der Waals surface area contributed by atoms with E-state index in [-0.39, 0.29) is 0 Å². The summed E-state index contributed by atoms with van der Waals surface area (Å²) in [6, 6.07) is 0. The van der Waals surface area contributed by atoms with E-state index in [1.807, 2.05) is 0 Å².